The third kappa shape index (κ3) is 4.64. The number of nitrogens with one attached hydrogen (secondary N) is 1. The average molecular weight is 412 g/mol. The Morgan fingerprint density at radius 2 is 1.74 bits per heavy atom. The van der Waals surface area contributed by atoms with E-state index in [1.165, 1.54) is 42.4 Å². The Hall–Kier alpha value is -3.11. The van der Waals surface area contributed by atoms with Gasteiger partial charge < -0.3 is 9.72 Å². The van der Waals surface area contributed by atoms with Crippen LogP contribution in [0.1, 0.15) is 18.4 Å². The number of fused-ring (bicyclic) bond motifs is 4. The van der Waals surface area contributed by atoms with Gasteiger partial charge in [-0.25, -0.2) is 0 Å². The monoisotopic (exact) mass is 411 g/mol. The Labute approximate surface area is 183 Å². The van der Waals surface area contributed by atoms with Crippen LogP contribution >= 0.6 is 0 Å². The van der Waals surface area contributed by atoms with E-state index in [2.05, 4.69) is 76.4 Å². The number of benzene rings is 2. The predicted molar refractivity (Wildman–Crippen MR) is 126 cm³/mol. The van der Waals surface area contributed by atoms with Gasteiger partial charge in [0.25, 0.3) is 0 Å². The largest absolute Gasteiger partial charge is 0.487 e. The summed E-state index contributed by atoms with van der Waals surface area (Å²) in [6.07, 6.45) is 6.71. The molecule has 3 aliphatic rings. The first kappa shape index (κ1) is 19.8. The van der Waals surface area contributed by atoms with Crippen molar-refractivity contribution in [3.8, 4) is 17.0 Å². The van der Waals surface area contributed by atoms with Crippen LogP contribution in [0.5, 0.6) is 5.75 Å². The number of H-pyrrole nitrogens is 1. The lowest BCUT2D eigenvalue weighted by molar-refractivity contribution is -0.00791. The fourth-order valence-corrected chi connectivity index (χ4v) is 4.56. The van der Waals surface area contributed by atoms with Crippen LogP contribution in [0, 0.1) is 12.8 Å². The minimum Gasteiger partial charge on any atom is -0.487 e. The van der Waals surface area contributed by atoms with E-state index in [9.17, 15) is 0 Å². The minimum atomic E-state index is 0.342. The maximum atomic E-state index is 6.20. The van der Waals surface area contributed by atoms with Crippen LogP contribution in [0.3, 0.4) is 0 Å². The quantitative estimate of drug-likeness (QED) is 0.470. The summed E-state index contributed by atoms with van der Waals surface area (Å²) in [6.45, 7) is 5.66. The molecule has 1 N–H and O–H groups in total. The summed E-state index contributed by atoms with van der Waals surface area (Å²) >= 11 is 0. The van der Waals surface area contributed by atoms with Gasteiger partial charge in [-0.05, 0) is 68.4 Å². The van der Waals surface area contributed by atoms with E-state index in [0.717, 1.165) is 29.5 Å². The molecule has 1 atom stereocenters. The van der Waals surface area contributed by atoms with Crippen molar-refractivity contribution >= 4 is 10.9 Å². The molecular formula is C27H29N3O. The molecule has 3 aliphatic heterocycles. The molecule has 4 heteroatoms. The number of rotatable bonds is 3. The zero-order chi connectivity index (χ0) is 21.0. The molecule has 0 spiro atoms. The molecule has 3 saturated heterocycles. The van der Waals surface area contributed by atoms with Crippen LogP contribution in [0.15, 0.2) is 79.1 Å². The number of aromatic amines is 1. The van der Waals surface area contributed by atoms with E-state index in [-0.39, 0.29) is 0 Å². The van der Waals surface area contributed by atoms with Gasteiger partial charge in [-0.15, -0.1) is 0 Å². The van der Waals surface area contributed by atoms with Gasteiger partial charge in [-0.1, -0.05) is 48.0 Å². The lowest BCUT2D eigenvalue weighted by Gasteiger charge is -2.44. The van der Waals surface area contributed by atoms with Crippen molar-refractivity contribution in [2.24, 2.45) is 5.92 Å². The number of pyridine rings is 1. The molecular weight excluding hydrogens is 382 g/mol. The summed E-state index contributed by atoms with van der Waals surface area (Å²) in [4.78, 5) is 10.2. The highest BCUT2D eigenvalue weighted by atomic mass is 16.5. The smallest absolute Gasteiger partial charge is 0.138 e. The molecule has 5 heterocycles. The molecule has 0 aliphatic carbocycles. The molecule has 31 heavy (non-hydrogen) atoms. The van der Waals surface area contributed by atoms with Crippen LogP contribution < -0.4 is 4.74 Å². The lowest BCUT2D eigenvalue weighted by atomic mass is 9.86. The minimum absolute atomic E-state index is 0.342. The van der Waals surface area contributed by atoms with Gasteiger partial charge >= 0.3 is 0 Å². The van der Waals surface area contributed by atoms with Crippen molar-refractivity contribution in [2.75, 3.05) is 19.6 Å². The Balaban J connectivity index is 0.000000189. The second-order valence-electron chi connectivity index (χ2n) is 8.60. The fraction of sp³-hybridized carbons (Fsp3) is 0.296. The second kappa shape index (κ2) is 8.94. The van der Waals surface area contributed by atoms with Crippen LogP contribution in [0.2, 0.25) is 0 Å². The summed E-state index contributed by atoms with van der Waals surface area (Å²) in [5.74, 6) is 1.62. The highest BCUT2D eigenvalue weighted by Gasteiger charge is 2.35. The fourth-order valence-electron chi connectivity index (χ4n) is 4.56. The second-order valence-corrected chi connectivity index (χ2v) is 8.60. The Bertz CT molecular complexity index is 1080. The molecule has 4 nitrogen and oxygen atoms in total. The van der Waals surface area contributed by atoms with Crippen molar-refractivity contribution in [2.45, 2.75) is 25.9 Å². The summed E-state index contributed by atoms with van der Waals surface area (Å²) in [7, 11) is 0. The molecule has 4 aromatic rings. The number of aryl methyl sites for hydroxylation is 1. The van der Waals surface area contributed by atoms with Crippen LogP contribution in [-0.4, -0.2) is 40.6 Å². The van der Waals surface area contributed by atoms with E-state index in [4.69, 9.17) is 4.74 Å². The average Bonchev–Trinajstić information content (AvgIpc) is 3.31. The van der Waals surface area contributed by atoms with Crippen LogP contribution in [0.25, 0.3) is 22.2 Å². The van der Waals surface area contributed by atoms with Gasteiger partial charge in [0.05, 0.1) is 11.9 Å². The van der Waals surface area contributed by atoms with Crippen molar-refractivity contribution in [1.82, 2.24) is 14.9 Å². The van der Waals surface area contributed by atoms with Gasteiger partial charge in [0, 0.05) is 23.8 Å². The number of aromatic nitrogens is 2. The van der Waals surface area contributed by atoms with Crippen LogP contribution in [-0.2, 0) is 0 Å². The molecule has 0 radical (unpaired) electrons. The number of piperidine rings is 3. The van der Waals surface area contributed by atoms with Gasteiger partial charge in [-0.3, -0.25) is 9.88 Å². The lowest BCUT2D eigenvalue weighted by Crippen LogP contribution is -2.52. The molecule has 3 fully saturated rings. The molecule has 7 rings (SSSR count). The predicted octanol–water partition coefficient (Wildman–Crippen LogP) is 5.70. The first-order valence-electron chi connectivity index (χ1n) is 11.2. The molecule has 2 aromatic heterocycles. The first-order valence-corrected chi connectivity index (χ1v) is 11.2. The summed E-state index contributed by atoms with van der Waals surface area (Å²) in [5, 5.41) is 1.28. The molecule has 0 amide bonds. The van der Waals surface area contributed by atoms with Crippen molar-refractivity contribution in [3.05, 3.63) is 84.7 Å². The standard InChI is InChI=1S/C19H22N2O.C8H7N/c1-14-2-4-15(5-3-14)18-7-6-17(12-20-18)22-19-13-21-10-8-16(19)9-11-21;1-2-4-8-7(3-1)5-6-9-8/h2-7,12,16,19H,8-11,13H2,1H3;1-6,9H/t19-;/m0./s1. The topological polar surface area (TPSA) is 41.1 Å². The number of para-hydroxylation sites is 1. The number of ether oxygens (including phenoxy) is 1. The van der Waals surface area contributed by atoms with Crippen LogP contribution in [0.4, 0.5) is 0 Å². The molecule has 2 bridgehead atoms. The normalized spacial score (nSPS) is 22.0. The third-order valence-corrected chi connectivity index (χ3v) is 6.43. The van der Waals surface area contributed by atoms with Gasteiger partial charge in [0.15, 0.2) is 0 Å². The van der Waals surface area contributed by atoms with Crippen molar-refractivity contribution < 1.29 is 4.74 Å². The van der Waals surface area contributed by atoms with Crippen molar-refractivity contribution in [1.29, 1.82) is 0 Å². The number of hydrogen-bond acceptors (Lipinski definition) is 3. The summed E-state index contributed by atoms with van der Waals surface area (Å²) in [6, 6.07) is 22.9. The van der Waals surface area contributed by atoms with Gasteiger partial charge in [0.2, 0.25) is 0 Å². The van der Waals surface area contributed by atoms with Gasteiger partial charge in [0.1, 0.15) is 11.9 Å². The molecule has 158 valence electrons. The zero-order valence-electron chi connectivity index (χ0n) is 18.0. The first-order chi connectivity index (χ1) is 15.2. The molecule has 0 saturated carbocycles. The highest BCUT2D eigenvalue weighted by molar-refractivity contribution is 5.78. The zero-order valence-corrected chi connectivity index (χ0v) is 18.0. The number of hydrogen-bond donors (Lipinski definition) is 1. The highest BCUT2D eigenvalue weighted by Crippen LogP contribution is 2.31. The van der Waals surface area contributed by atoms with E-state index < -0.39 is 0 Å². The Morgan fingerprint density at radius 3 is 2.42 bits per heavy atom. The maximum absolute atomic E-state index is 6.20. The van der Waals surface area contributed by atoms with E-state index in [1.54, 1.807) is 0 Å². The van der Waals surface area contributed by atoms with Crippen molar-refractivity contribution in [3.63, 3.8) is 0 Å². The summed E-state index contributed by atoms with van der Waals surface area (Å²) < 4.78 is 6.20. The third-order valence-electron chi connectivity index (χ3n) is 6.43. The van der Waals surface area contributed by atoms with Gasteiger partial charge in [-0.2, -0.15) is 0 Å². The Kier molecular flexibility index (Phi) is 5.72. The number of nitrogens with zero attached hydrogens (tertiary/aromatic N) is 2. The molecule has 2 aromatic carbocycles. The SMILES string of the molecule is Cc1ccc(-c2ccc(O[C@H]3CN4CCC3CC4)cn2)cc1.c1ccc2[nH]ccc2c1. The van der Waals surface area contributed by atoms with E-state index in [0.29, 0.717) is 6.10 Å². The molecule has 0 unspecified atom stereocenters. The van der Waals surface area contributed by atoms with E-state index in [1.807, 2.05) is 24.5 Å². The Morgan fingerprint density at radius 1 is 0.935 bits per heavy atom. The van der Waals surface area contributed by atoms with E-state index >= 15 is 0 Å². The summed E-state index contributed by atoms with van der Waals surface area (Å²) in [5.41, 5.74) is 4.63. The maximum Gasteiger partial charge on any atom is 0.138 e.